The summed E-state index contributed by atoms with van der Waals surface area (Å²) in [6.45, 7) is 1.91. The molecule has 1 fully saturated rings. The normalized spacial score (nSPS) is 28.5. The highest BCUT2D eigenvalue weighted by molar-refractivity contribution is 6.13. The Bertz CT molecular complexity index is 348. The average Bonchev–Trinajstić information content (AvgIpc) is 2.24. The van der Waals surface area contributed by atoms with Crippen LogP contribution in [0.15, 0.2) is 0 Å². The highest BCUT2D eigenvalue weighted by Crippen LogP contribution is 2.21. The first-order valence-electron chi connectivity index (χ1n) is 5.08. The number of halogens is 1. The van der Waals surface area contributed by atoms with Gasteiger partial charge in [-0.15, -0.1) is 0 Å². The molecule has 3 amide bonds. The van der Waals surface area contributed by atoms with E-state index in [1.165, 1.54) is 0 Å². The molecule has 7 nitrogen and oxygen atoms in total. The highest BCUT2D eigenvalue weighted by atomic mass is 19.1. The quantitative estimate of drug-likeness (QED) is 0.460. The summed E-state index contributed by atoms with van der Waals surface area (Å²) >= 11 is 0. The van der Waals surface area contributed by atoms with Crippen molar-refractivity contribution in [1.29, 1.82) is 0 Å². The van der Waals surface area contributed by atoms with E-state index in [1.54, 1.807) is 5.32 Å². The molecule has 0 aromatic heterocycles. The van der Waals surface area contributed by atoms with Gasteiger partial charge in [-0.2, -0.15) is 0 Å². The second-order valence-corrected chi connectivity index (χ2v) is 3.55. The fourth-order valence-corrected chi connectivity index (χ4v) is 1.28. The van der Waals surface area contributed by atoms with Gasteiger partial charge in [-0.05, 0) is 6.42 Å². The number of aliphatic carboxylic acids is 1. The number of rotatable bonds is 5. The SMILES string of the molecule is CCCCOC1NC(=O)NC(=O)C1(F)C(=O)O. The number of hydrogen-bond acceptors (Lipinski definition) is 4. The number of carbonyl (C=O) groups excluding carboxylic acids is 2. The zero-order valence-electron chi connectivity index (χ0n) is 9.16. The predicted molar refractivity (Wildman–Crippen MR) is 52.8 cm³/mol. The Balaban J connectivity index is 2.83. The van der Waals surface area contributed by atoms with E-state index in [4.69, 9.17) is 9.84 Å². The van der Waals surface area contributed by atoms with E-state index in [2.05, 4.69) is 0 Å². The van der Waals surface area contributed by atoms with Crippen LogP contribution in [0.25, 0.3) is 0 Å². The van der Waals surface area contributed by atoms with Gasteiger partial charge in [0.1, 0.15) is 0 Å². The maximum absolute atomic E-state index is 14.0. The molecule has 0 radical (unpaired) electrons. The smallest absolute Gasteiger partial charge is 0.356 e. The van der Waals surface area contributed by atoms with Crippen LogP contribution in [0.4, 0.5) is 9.18 Å². The van der Waals surface area contributed by atoms with E-state index in [1.807, 2.05) is 12.2 Å². The van der Waals surface area contributed by atoms with Crippen LogP contribution in [-0.4, -0.2) is 41.5 Å². The summed E-state index contributed by atoms with van der Waals surface area (Å²) in [6, 6.07) is -0.981. The van der Waals surface area contributed by atoms with Crippen molar-refractivity contribution in [3.8, 4) is 0 Å². The predicted octanol–water partition coefficient (Wildman–Crippen LogP) is -0.239. The monoisotopic (exact) mass is 248 g/mol. The van der Waals surface area contributed by atoms with Crippen molar-refractivity contribution in [3.05, 3.63) is 0 Å². The Morgan fingerprint density at radius 2 is 2.24 bits per heavy atom. The number of imide groups is 1. The van der Waals surface area contributed by atoms with Gasteiger partial charge < -0.3 is 15.2 Å². The van der Waals surface area contributed by atoms with Gasteiger partial charge in [0.2, 0.25) is 0 Å². The second kappa shape index (κ2) is 5.09. The van der Waals surface area contributed by atoms with Gasteiger partial charge in [0, 0.05) is 6.61 Å². The number of alkyl halides is 1. The first-order chi connectivity index (χ1) is 7.92. The lowest BCUT2D eigenvalue weighted by Crippen LogP contribution is -2.70. The Kier molecular flexibility index (Phi) is 4.00. The minimum Gasteiger partial charge on any atom is -0.478 e. The van der Waals surface area contributed by atoms with Crippen LogP contribution < -0.4 is 10.6 Å². The van der Waals surface area contributed by atoms with Crippen molar-refractivity contribution in [1.82, 2.24) is 10.6 Å². The first kappa shape index (κ1) is 13.4. The number of urea groups is 1. The van der Waals surface area contributed by atoms with Gasteiger partial charge in [-0.1, -0.05) is 13.3 Å². The summed E-state index contributed by atoms with van der Waals surface area (Å²) in [7, 11) is 0. The fraction of sp³-hybridized carbons (Fsp3) is 0.667. The largest absolute Gasteiger partial charge is 0.478 e. The summed E-state index contributed by atoms with van der Waals surface area (Å²) in [5.41, 5.74) is -3.30. The Morgan fingerprint density at radius 3 is 2.76 bits per heavy atom. The van der Waals surface area contributed by atoms with Crippen molar-refractivity contribution >= 4 is 17.9 Å². The fourth-order valence-electron chi connectivity index (χ4n) is 1.28. The number of nitrogens with one attached hydrogen (secondary N) is 2. The summed E-state index contributed by atoms with van der Waals surface area (Å²) in [5.74, 6) is -3.54. The maximum atomic E-state index is 14.0. The molecule has 1 aliphatic rings. The molecule has 2 unspecified atom stereocenters. The highest BCUT2D eigenvalue weighted by Gasteiger charge is 2.58. The molecular weight excluding hydrogens is 235 g/mol. The number of amides is 3. The molecule has 0 spiro atoms. The van der Waals surface area contributed by atoms with Crippen molar-refractivity contribution in [2.45, 2.75) is 31.7 Å². The number of carboxylic acid groups (broad SMARTS) is 1. The molecule has 17 heavy (non-hydrogen) atoms. The van der Waals surface area contributed by atoms with Gasteiger partial charge in [0.05, 0.1) is 0 Å². The lowest BCUT2D eigenvalue weighted by Gasteiger charge is -2.33. The van der Waals surface area contributed by atoms with Crippen molar-refractivity contribution < 1.29 is 28.6 Å². The first-order valence-corrected chi connectivity index (χ1v) is 5.08. The van der Waals surface area contributed by atoms with Crippen LogP contribution >= 0.6 is 0 Å². The third-order valence-corrected chi connectivity index (χ3v) is 2.27. The van der Waals surface area contributed by atoms with Crippen LogP contribution in [0.1, 0.15) is 19.8 Å². The van der Waals surface area contributed by atoms with E-state index >= 15 is 0 Å². The van der Waals surface area contributed by atoms with Crippen molar-refractivity contribution in [3.63, 3.8) is 0 Å². The average molecular weight is 248 g/mol. The lowest BCUT2D eigenvalue weighted by molar-refractivity contribution is -0.174. The Morgan fingerprint density at radius 1 is 1.59 bits per heavy atom. The van der Waals surface area contributed by atoms with Crippen LogP contribution in [0, 0.1) is 0 Å². The number of hydrogen-bond donors (Lipinski definition) is 3. The van der Waals surface area contributed by atoms with Gasteiger partial charge in [-0.3, -0.25) is 10.1 Å². The van der Waals surface area contributed by atoms with Gasteiger partial charge >= 0.3 is 17.7 Å². The zero-order chi connectivity index (χ0) is 13.1. The lowest BCUT2D eigenvalue weighted by atomic mass is 10.0. The number of carbonyl (C=O) groups is 3. The van der Waals surface area contributed by atoms with E-state index in [0.29, 0.717) is 6.42 Å². The van der Waals surface area contributed by atoms with E-state index in [0.717, 1.165) is 6.42 Å². The molecule has 0 aliphatic carbocycles. The number of carboxylic acids is 1. The molecule has 3 N–H and O–H groups in total. The third-order valence-electron chi connectivity index (χ3n) is 2.27. The summed E-state index contributed by atoms with van der Waals surface area (Å²) in [5, 5.41) is 12.2. The van der Waals surface area contributed by atoms with Crippen LogP contribution in [-0.2, 0) is 14.3 Å². The maximum Gasteiger partial charge on any atom is 0.356 e. The second-order valence-electron chi connectivity index (χ2n) is 3.55. The van der Waals surface area contributed by atoms with Gasteiger partial charge in [0.15, 0.2) is 6.23 Å². The van der Waals surface area contributed by atoms with Crippen LogP contribution in [0.3, 0.4) is 0 Å². The molecule has 1 aliphatic heterocycles. The number of unbranched alkanes of at least 4 members (excludes halogenated alkanes) is 1. The molecule has 1 rings (SSSR count). The molecule has 8 heteroatoms. The minimum absolute atomic E-state index is 0.0493. The molecule has 2 atom stereocenters. The molecule has 0 aromatic carbocycles. The summed E-state index contributed by atoms with van der Waals surface area (Å²) in [4.78, 5) is 32.9. The molecule has 0 aromatic rings. The van der Waals surface area contributed by atoms with E-state index < -0.39 is 29.8 Å². The molecule has 1 saturated heterocycles. The molecule has 96 valence electrons. The van der Waals surface area contributed by atoms with Crippen molar-refractivity contribution in [2.75, 3.05) is 6.61 Å². The van der Waals surface area contributed by atoms with Gasteiger partial charge in [-0.25, -0.2) is 14.0 Å². The summed E-state index contributed by atoms with van der Waals surface area (Å²) < 4.78 is 18.9. The standard InChI is InChI=1S/C9H13FN2O5/c1-2-3-4-17-6-9(10,7(14)15)5(13)11-8(16)12-6/h6H,2-4H2,1H3,(H,14,15)(H2,11,12,13,16). The topological polar surface area (TPSA) is 105 Å². The Hall–Kier alpha value is -1.70. The van der Waals surface area contributed by atoms with Gasteiger partial charge in [0.25, 0.3) is 5.91 Å². The van der Waals surface area contributed by atoms with Crippen molar-refractivity contribution in [2.24, 2.45) is 0 Å². The molecule has 1 heterocycles. The van der Waals surface area contributed by atoms with Crippen LogP contribution in [0.2, 0.25) is 0 Å². The molecular formula is C9H13FN2O5. The summed E-state index contributed by atoms with van der Waals surface area (Å²) in [6.07, 6.45) is -0.504. The Labute approximate surface area is 96.3 Å². The molecule has 0 bridgehead atoms. The van der Waals surface area contributed by atoms with E-state index in [9.17, 15) is 18.8 Å². The van der Waals surface area contributed by atoms with Crippen LogP contribution in [0.5, 0.6) is 0 Å². The minimum atomic E-state index is -3.30. The number of ether oxygens (including phenoxy) is 1. The zero-order valence-corrected chi connectivity index (χ0v) is 9.16. The van der Waals surface area contributed by atoms with E-state index in [-0.39, 0.29) is 6.61 Å². The third kappa shape index (κ3) is 2.52. The molecule has 0 saturated carbocycles.